The molecule has 2 aliphatic rings. The average molecular weight is 290 g/mol. The maximum absolute atomic E-state index is 12.9. The van der Waals surface area contributed by atoms with Crippen LogP contribution in [-0.2, 0) is 11.3 Å². The second kappa shape index (κ2) is 6.69. The molecule has 0 radical (unpaired) electrons. The van der Waals surface area contributed by atoms with Gasteiger partial charge in [-0.3, -0.25) is 9.80 Å². The first-order chi connectivity index (χ1) is 10.2. The molecule has 0 aromatic heterocycles. The summed E-state index contributed by atoms with van der Waals surface area (Å²) in [5.74, 6) is -0.165. The van der Waals surface area contributed by atoms with E-state index >= 15 is 0 Å². The molecular formula is C17H23FN2O. The number of fused-ring (bicyclic) bond motifs is 1. The summed E-state index contributed by atoms with van der Waals surface area (Å²) >= 11 is 0. The van der Waals surface area contributed by atoms with E-state index in [2.05, 4.69) is 16.4 Å². The Bertz CT molecular complexity index is 476. The number of halogens is 1. The minimum Gasteiger partial charge on any atom is -0.373 e. The second-order valence-electron chi connectivity index (χ2n) is 5.99. The molecule has 1 aromatic carbocycles. The first-order valence-electron chi connectivity index (χ1n) is 7.68. The normalized spacial score (nSPS) is 26.7. The largest absolute Gasteiger partial charge is 0.373 e. The highest BCUT2D eigenvalue weighted by Gasteiger charge is 2.36. The standard InChI is InChI=1S/C17H23FN2O/c1-2-9-21-17-10-16-12-19(7-8-20(16)13-17)11-14-3-5-15(18)6-4-14/h2-6,16-17H,1,7-13H2/t16-,17-/m1/s1. The van der Waals surface area contributed by atoms with Crippen molar-refractivity contribution in [2.24, 2.45) is 0 Å². The van der Waals surface area contributed by atoms with E-state index < -0.39 is 0 Å². The van der Waals surface area contributed by atoms with Gasteiger partial charge in [0, 0.05) is 38.8 Å². The molecule has 0 saturated carbocycles. The van der Waals surface area contributed by atoms with Crippen molar-refractivity contribution in [3.05, 3.63) is 48.3 Å². The molecule has 2 heterocycles. The third-order valence-corrected chi connectivity index (χ3v) is 4.43. The zero-order valence-electron chi connectivity index (χ0n) is 12.4. The molecule has 0 amide bonds. The summed E-state index contributed by atoms with van der Waals surface area (Å²) in [7, 11) is 0. The van der Waals surface area contributed by atoms with Crippen LogP contribution in [-0.4, -0.2) is 54.7 Å². The summed E-state index contributed by atoms with van der Waals surface area (Å²) in [5, 5.41) is 0. The van der Waals surface area contributed by atoms with Crippen LogP contribution in [0.3, 0.4) is 0 Å². The van der Waals surface area contributed by atoms with E-state index in [0.29, 0.717) is 18.8 Å². The summed E-state index contributed by atoms with van der Waals surface area (Å²) in [6.07, 6.45) is 3.27. The van der Waals surface area contributed by atoms with Crippen LogP contribution >= 0.6 is 0 Å². The molecule has 114 valence electrons. The fourth-order valence-corrected chi connectivity index (χ4v) is 3.38. The molecule has 2 aliphatic heterocycles. The van der Waals surface area contributed by atoms with Gasteiger partial charge in [-0.1, -0.05) is 18.2 Å². The summed E-state index contributed by atoms with van der Waals surface area (Å²) < 4.78 is 18.7. The van der Waals surface area contributed by atoms with Crippen molar-refractivity contribution < 1.29 is 9.13 Å². The fraction of sp³-hybridized carbons (Fsp3) is 0.529. The van der Waals surface area contributed by atoms with Crippen LogP contribution in [0.4, 0.5) is 4.39 Å². The minimum absolute atomic E-state index is 0.165. The van der Waals surface area contributed by atoms with Crippen LogP contribution < -0.4 is 0 Å². The van der Waals surface area contributed by atoms with E-state index in [0.717, 1.165) is 39.1 Å². The van der Waals surface area contributed by atoms with Gasteiger partial charge >= 0.3 is 0 Å². The van der Waals surface area contributed by atoms with Gasteiger partial charge in [-0.15, -0.1) is 6.58 Å². The molecule has 1 aromatic rings. The highest BCUT2D eigenvalue weighted by molar-refractivity contribution is 5.16. The molecule has 2 atom stereocenters. The van der Waals surface area contributed by atoms with Gasteiger partial charge in [-0.05, 0) is 24.1 Å². The Labute approximate surface area is 126 Å². The Balaban J connectivity index is 1.52. The quantitative estimate of drug-likeness (QED) is 0.774. The fourth-order valence-electron chi connectivity index (χ4n) is 3.38. The van der Waals surface area contributed by atoms with Crippen molar-refractivity contribution in [2.75, 3.05) is 32.8 Å². The van der Waals surface area contributed by atoms with Gasteiger partial charge in [0.15, 0.2) is 0 Å². The maximum atomic E-state index is 12.9. The summed E-state index contributed by atoms with van der Waals surface area (Å²) in [6.45, 7) is 9.54. The number of benzene rings is 1. The van der Waals surface area contributed by atoms with E-state index in [1.807, 2.05) is 18.2 Å². The van der Waals surface area contributed by atoms with Crippen LogP contribution in [0.15, 0.2) is 36.9 Å². The van der Waals surface area contributed by atoms with Crippen LogP contribution in [0, 0.1) is 5.82 Å². The van der Waals surface area contributed by atoms with Gasteiger partial charge < -0.3 is 4.74 Å². The Morgan fingerprint density at radius 2 is 2.05 bits per heavy atom. The van der Waals surface area contributed by atoms with Crippen LogP contribution in [0.1, 0.15) is 12.0 Å². The van der Waals surface area contributed by atoms with Crippen LogP contribution in [0.25, 0.3) is 0 Å². The van der Waals surface area contributed by atoms with Crippen LogP contribution in [0.5, 0.6) is 0 Å². The molecule has 0 aliphatic carbocycles. The lowest BCUT2D eigenvalue weighted by atomic mass is 10.1. The third kappa shape index (κ3) is 3.70. The SMILES string of the molecule is C=CCO[C@@H]1C[C@@H]2CN(Cc3ccc(F)cc3)CCN2C1. The Morgan fingerprint density at radius 3 is 2.81 bits per heavy atom. The molecular weight excluding hydrogens is 267 g/mol. The Morgan fingerprint density at radius 1 is 1.24 bits per heavy atom. The van der Waals surface area contributed by atoms with Gasteiger partial charge in [-0.25, -0.2) is 4.39 Å². The van der Waals surface area contributed by atoms with Gasteiger partial charge in [0.05, 0.1) is 12.7 Å². The number of ether oxygens (including phenoxy) is 1. The van der Waals surface area contributed by atoms with Gasteiger partial charge in [0.1, 0.15) is 5.82 Å². The summed E-state index contributed by atoms with van der Waals surface area (Å²) in [5.41, 5.74) is 1.18. The molecule has 3 rings (SSSR count). The third-order valence-electron chi connectivity index (χ3n) is 4.43. The van der Waals surface area contributed by atoms with Gasteiger partial charge in [-0.2, -0.15) is 0 Å². The van der Waals surface area contributed by atoms with E-state index in [4.69, 9.17) is 4.74 Å². The minimum atomic E-state index is -0.165. The Hall–Kier alpha value is -1.23. The number of hydrogen-bond donors (Lipinski definition) is 0. The topological polar surface area (TPSA) is 15.7 Å². The molecule has 0 bridgehead atoms. The number of hydrogen-bond acceptors (Lipinski definition) is 3. The maximum Gasteiger partial charge on any atom is 0.123 e. The molecule has 4 heteroatoms. The smallest absolute Gasteiger partial charge is 0.123 e. The zero-order valence-corrected chi connectivity index (χ0v) is 12.4. The van der Waals surface area contributed by atoms with Crippen molar-refractivity contribution in [1.29, 1.82) is 0 Å². The zero-order chi connectivity index (χ0) is 14.7. The first-order valence-corrected chi connectivity index (χ1v) is 7.68. The lowest BCUT2D eigenvalue weighted by Crippen LogP contribution is -2.49. The van der Waals surface area contributed by atoms with E-state index in [-0.39, 0.29) is 5.82 Å². The molecule has 21 heavy (non-hydrogen) atoms. The van der Waals surface area contributed by atoms with E-state index in [9.17, 15) is 4.39 Å². The molecule has 0 spiro atoms. The lowest BCUT2D eigenvalue weighted by Gasteiger charge is -2.37. The highest BCUT2D eigenvalue weighted by atomic mass is 19.1. The number of rotatable bonds is 5. The van der Waals surface area contributed by atoms with Crippen molar-refractivity contribution in [1.82, 2.24) is 9.80 Å². The van der Waals surface area contributed by atoms with Gasteiger partial charge in [0.2, 0.25) is 0 Å². The monoisotopic (exact) mass is 290 g/mol. The summed E-state index contributed by atoms with van der Waals surface area (Å²) in [4.78, 5) is 5.00. The molecule has 0 N–H and O–H groups in total. The second-order valence-corrected chi connectivity index (χ2v) is 5.99. The predicted molar refractivity (Wildman–Crippen MR) is 81.6 cm³/mol. The molecule has 0 unspecified atom stereocenters. The Kier molecular flexibility index (Phi) is 4.68. The summed E-state index contributed by atoms with van der Waals surface area (Å²) in [6, 6.07) is 7.44. The predicted octanol–water partition coefficient (Wildman–Crippen LogP) is 2.29. The molecule has 3 nitrogen and oxygen atoms in total. The van der Waals surface area contributed by atoms with E-state index in [1.165, 1.54) is 5.56 Å². The van der Waals surface area contributed by atoms with Crippen molar-refractivity contribution in [3.63, 3.8) is 0 Å². The lowest BCUT2D eigenvalue weighted by molar-refractivity contribution is 0.0758. The molecule has 2 fully saturated rings. The van der Waals surface area contributed by atoms with E-state index in [1.54, 1.807) is 12.1 Å². The molecule has 2 saturated heterocycles. The van der Waals surface area contributed by atoms with Crippen molar-refractivity contribution >= 4 is 0 Å². The van der Waals surface area contributed by atoms with Crippen molar-refractivity contribution in [2.45, 2.75) is 25.1 Å². The average Bonchev–Trinajstić information content (AvgIpc) is 2.89. The first kappa shape index (κ1) is 14.7. The van der Waals surface area contributed by atoms with Gasteiger partial charge in [0.25, 0.3) is 0 Å². The number of piperazine rings is 1. The number of nitrogens with zero attached hydrogens (tertiary/aromatic N) is 2. The van der Waals surface area contributed by atoms with Crippen molar-refractivity contribution in [3.8, 4) is 0 Å². The highest BCUT2D eigenvalue weighted by Crippen LogP contribution is 2.25. The van der Waals surface area contributed by atoms with Crippen LogP contribution in [0.2, 0.25) is 0 Å².